The van der Waals surface area contributed by atoms with Gasteiger partial charge in [0.2, 0.25) is 0 Å². The average molecular weight is 334 g/mol. The molecule has 20 heavy (non-hydrogen) atoms. The molecular formula is C16H16BrNO2. The molecule has 0 aliphatic carbocycles. The molecular weight excluding hydrogens is 318 g/mol. The minimum Gasteiger partial charge on any atom is -0.495 e. The fraction of sp³-hybridized carbons (Fsp3) is 0.250. The van der Waals surface area contributed by atoms with Crippen LogP contribution < -0.4 is 14.8 Å². The van der Waals surface area contributed by atoms with E-state index >= 15 is 0 Å². The third kappa shape index (κ3) is 2.61. The van der Waals surface area contributed by atoms with Gasteiger partial charge < -0.3 is 14.8 Å². The Kier molecular flexibility index (Phi) is 3.83. The highest BCUT2D eigenvalue weighted by Gasteiger charge is 2.23. The number of fused-ring (bicyclic) bond motifs is 1. The van der Waals surface area contributed by atoms with Gasteiger partial charge in [-0.3, -0.25) is 0 Å². The van der Waals surface area contributed by atoms with E-state index in [1.165, 1.54) is 5.56 Å². The number of rotatable bonds is 4. The standard InChI is InChI=1S/C16H16BrNO2/c1-19-16-7-6-12(17)8-14(16)18-9-11-10-20-15-5-3-2-4-13(11)15/h2-8,11,18H,9-10H2,1H3. The fourth-order valence-corrected chi connectivity index (χ4v) is 2.81. The van der Waals surface area contributed by atoms with Crippen LogP contribution in [0.3, 0.4) is 0 Å². The lowest BCUT2D eigenvalue weighted by Crippen LogP contribution is -2.14. The van der Waals surface area contributed by atoms with Crippen molar-refractivity contribution in [3.05, 3.63) is 52.5 Å². The number of hydrogen-bond acceptors (Lipinski definition) is 3. The van der Waals surface area contributed by atoms with Crippen molar-refractivity contribution in [2.75, 3.05) is 25.6 Å². The Hall–Kier alpha value is -1.68. The minimum atomic E-state index is 0.370. The molecule has 4 heteroatoms. The van der Waals surface area contributed by atoms with Gasteiger partial charge in [-0.15, -0.1) is 0 Å². The highest BCUT2D eigenvalue weighted by atomic mass is 79.9. The van der Waals surface area contributed by atoms with E-state index in [0.29, 0.717) is 5.92 Å². The van der Waals surface area contributed by atoms with Crippen molar-refractivity contribution in [1.82, 2.24) is 0 Å². The number of hydrogen-bond donors (Lipinski definition) is 1. The average Bonchev–Trinajstić information content (AvgIpc) is 2.88. The molecule has 104 valence electrons. The lowest BCUT2D eigenvalue weighted by molar-refractivity contribution is 0.334. The summed E-state index contributed by atoms with van der Waals surface area (Å²) in [5.74, 6) is 2.22. The second-order valence-electron chi connectivity index (χ2n) is 4.77. The molecule has 0 amide bonds. The molecule has 1 atom stereocenters. The molecule has 1 aliphatic rings. The van der Waals surface area contributed by atoms with Crippen LogP contribution in [0, 0.1) is 0 Å². The molecule has 1 N–H and O–H groups in total. The molecule has 3 nitrogen and oxygen atoms in total. The van der Waals surface area contributed by atoms with Crippen molar-refractivity contribution >= 4 is 21.6 Å². The van der Waals surface area contributed by atoms with Crippen LogP contribution in [-0.4, -0.2) is 20.3 Å². The predicted molar refractivity (Wildman–Crippen MR) is 83.9 cm³/mol. The third-order valence-corrected chi connectivity index (χ3v) is 3.99. The SMILES string of the molecule is COc1ccc(Br)cc1NCC1COc2ccccc21. The van der Waals surface area contributed by atoms with Crippen molar-refractivity contribution in [1.29, 1.82) is 0 Å². The zero-order valence-electron chi connectivity index (χ0n) is 11.2. The molecule has 2 aromatic carbocycles. The number of anilines is 1. The van der Waals surface area contributed by atoms with Gasteiger partial charge in [-0.2, -0.15) is 0 Å². The van der Waals surface area contributed by atoms with Gasteiger partial charge >= 0.3 is 0 Å². The number of para-hydroxylation sites is 1. The fourth-order valence-electron chi connectivity index (χ4n) is 2.45. The van der Waals surface area contributed by atoms with Crippen LogP contribution in [-0.2, 0) is 0 Å². The van der Waals surface area contributed by atoms with E-state index < -0.39 is 0 Å². The second-order valence-corrected chi connectivity index (χ2v) is 5.69. The van der Waals surface area contributed by atoms with E-state index in [1.807, 2.05) is 30.3 Å². The number of benzene rings is 2. The number of halogens is 1. The number of ether oxygens (including phenoxy) is 2. The lowest BCUT2D eigenvalue weighted by Gasteiger charge is -2.14. The molecule has 1 heterocycles. The van der Waals surface area contributed by atoms with Gasteiger partial charge in [0.1, 0.15) is 11.5 Å². The zero-order chi connectivity index (χ0) is 13.9. The summed E-state index contributed by atoms with van der Waals surface area (Å²) in [7, 11) is 1.68. The first kappa shape index (κ1) is 13.3. The van der Waals surface area contributed by atoms with Crippen LogP contribution in [0.4, 0.5) is 5.69 Å². The molecule has 0 saturated heterocycles. The van der Waals surface area contributed by atoms with Gasteiger partial charge in [0.15, 0.2) is 0 Å². The maximum Gasteiger partial charge on any atom is 0.142 e. The van der Waals surface area contributed by atoms with E-state index in [-0.39, 0.29) is 0 Å². The molecule has 1 aliphatic heterocycles. The van der Waals surface area contributed by atoms with E-state index in [2.05, 4.69) is 33.4 Å². The Balaban J connectivity index is 1.73. The summed E-state index contributed by atoms with van der Waals surface area (Å²) >= 11 is 3.48. The van der Waals surface area contributed by atoms with E-state index in [4.69, 9.17) is 9.47 Å². The lowest BCUT2D eigenvalue weighted by atomic mass is 10.0. The molecule has 0 aromatic heterocycles. The van der Waals surface area contributed by atoms with Crippen LogP contribution >= 0.6 is 15.9 Å². The Morgan fingerprint density at radius 1 is 1.30 bits per heavy atom. The van der Waals surface area contributed by atoms with Gasteiger partial charge in [-0.25, -0.2) is 0 Å². The Bertz CT molecular complexity index is 615. The van der Waals surface area contributed by atoms with Crippen LogP contribution in [0.2, 0.25) is 0 Å². The first-order chi connectivity index (χ1) is 9.78. The summed E-state index contributed by atoms with van der Waals surface area (Å²) in [5.41, 5.74) is 2.26. The topological polar surface area (TPSA) is 30.5 Å². The predicted octanol–water partition coefficient (Wildman–Crippen LogP) is 4.05. The van der Waals surface area contributed by atoms with E-state index in [9.17, 15) is 0 Å². The van der Waals surface area contributed by atoms with E-state index in [1.54, 1.807) is 7.11 Å². The Morgan fingerprint density at radius 3 is 3.00 bits per heavy atom. The van der Waals surface area contributed by atoms with Gasteiger partial charge in [0, 0.05) is 22.5 Å². The first-order valence-corrected chi connectivity index (χ1v) is 7.36. The van der Waals surface area contributed by atoms with Crippen molar-refractivity contribution in [3.8, 4) is 11.5 Å². The Labute approximate surface area is 127 Å². The molecule has 0 saturated carbocycles. The summed E-state index contributed by atoms with van der Waals surface area (Å²) in [4.78, 5) is 0. The maximum atomic E-state index is 5.70. The third-order valence-electron chi connectivity index (χ3n) is 3.50. The van der Waals surface area contributed by atoms with Crippen molar-refractivity contribution < 1.29 is 9.47 Å². The molecule has 0 bridgehead atoms. The quantitative estimate of drug-likeness (QED) is 0.915. The number of methoxy groups -OCH3 is 1. The highest BCUT2D eigenvalue weighted by Crippen LogP contribution is 2.34. The summed E-state index contributed by atoms with van der Waals surface area (Å²) in [6.45, 7) is 1.55. The van der Waals surface area contributed by atoms with Crippen LogP contribution in [0.5, 0.6) is 11.5 Å². The molecule has 0 fully saturated rings. The van der Waals surface area contributed by atoms with Crippen molar-refractivity contribution in [2.24, 2.45) is 0 Å². The molecule has 3 rings (SSSR count). The largest absolute Gasteiger partial charge is 0.495 e. The van der Waals surface area contributed by atoms with Gasteiger partial charge in [-0.1, -0.05) is 34.1 Å². The second kappa shape index (κ2) is 5.75. The summed E-state index contributed by atoms with van der Waals surface area (Å²) < 4.78 is 12.1. The minimum absolute atomic E-state index is 0.370. The smallest absolute Gasteiger partial charge is 0.142 e. The number of nitrogens with one attached hydrogen (secondary N) is 1. The monoisotopic (exact) mass is 333 g/mol. The molecule has 1 unspecified atom stereocenters. The Morgan fingerprint density at radius 2 is 2.15 bits per heavy atom. The van der Waals surface area contributed by atoms with Gasteiger partial charge in [-0.05, 0) is 24.3 Å². The van der Waals surface area contributed by atoms with Crippen LogP contribution in [0.25, 0.3) is 0 Å². The van der Waals surface area contributed by atoms with Gasteiger partial charge in [0.25, 0.3) is 0 Å². The summed E-state index contributed by atoms with van der Waals surface area (Å²) in [6.07, 6.45) is 0. The summed E-state index contributed by atoms with van der Waals surface area (Å²) in [6, 6.07) is 14.2. The summed E-state index contributed by atoms with van der Waals surface area (Å²) in [5, 5.41) is 3.45. The van der Waals surface area contributed by atoms with Gasteiger partial charge in [0.05, 0.1) is 19.4 Å². The van der Waals surface area contributed by atoms with Crippen molar-refractivity contribution in [2.45, 2.75) is 5.92 Å². The zero-order valence-corrected chi connectivity index (χ0v) is 12.8. The molecule has 2 aromatic rings. The molecule has 0 radical (unpaired) electrons. The maximum absolute atomic E-state index is 5.70. The van der Waals surface area contributed by atoms with Crippen molar-refractivity contribution in [3.63, 3.8) is 0 Å². The van der Waals surface area contributed by atoms with Crippen LogP contribution in [0.15, 0.2) is 46.9 Å². The molecule has 0 spiro atoms. The highest BCUT2D eigenvalue weighted by molar-refractivity contribution is 9.10. The van der Waals surface area contributed by atoms with E-state index in [0.717, 1.165) is 34.8 Å². The first-order valence-electron chi connectivity index (χ1n) is 6.57. The van der Waals surface area contributed by atoms with Crippen LogP contribution in [0.1, 0.15) is 11.5 Å². The normalized spacial score (nSPS) is 16.4.